The number of aryl methyl sites for hydroxylation is 1. The molecule has 0 aliphatic rings. The van der Waals surface area contributed by atoms with Gasteiger partial charge in [-0.2, -0.15) is 0 Å². The van der Waals surface area contributed by atoms with Gasteiger partial charge in [-0.25, -0.2) is 4.79 Å². The molecule has 1 rings (SSSR count). The number of benzene rings is 1. The minimum absolute atomic E-state index is 0.268. The van der Waals surface area contributed by atoms with E-state index in [0.717, 1.165) is 10.5 Å². The van der Waals surface area contributed by atoms with Crippen molar-refractivity contribution in [3.63, 3.8) is 0 Å². The molecule has 0 aliphatic heterocycles. The van der Waals surface area contributed by atoms with E-state index in [9.17, 15) is 4.79 Å². The molecule has 0 heterocycles. The molecule has 108 valence electrons. The normalized spacial score (nSPS) is 11.8. The first-order valence-corrected chi connectivity index (χ1v) is 7.05. The summed E-state index contributed by atoms with van der Waals surface area (Å²) in [7, 11) is 0. The molecule has 0 amide bonds. The molecule has 0 radical (unpaired) electrons. The summed E-state index contributed by atoms with van der Waals surface area (Å²) < 4.78 is 5.34. The zero-order valence-corrected chi connectivity index (χ0v) is 12.5. The molecule has 0 aromatic heterocycles. The molecule has 0 saturated carbocycles. The number of ether oxygens (including phenoxy) is 1. The average Bonchev–Trinajstić information content (AvgIpc) is 2.38. The second-order valence-corrected chi connectivity index (χ2v) is 5.47. The van der Waals surface area contributed by atoms with Crippen LogP contribution in [-0.4, -0.2) is 34.4 Å². The molecule has 0 bridgehead atoms. The number of thioether (sulfide) groups is 1. The summed E-state index contributed by atoms with van der Waals surface area (Å²) in [5, 5.41) is 23.8. The zero-order chi connectivity index (χ0) is 15.3. The van der Waals surface area contributed by atoms with Crippen LogP contribution >= 0.6 is 11.8 Å². The van der Waals surface area contributed by atoms with E-state index in [0.29, 0.717) is 17.2 Å². The predicted octanol–water partition coefficient (Wildman–Crippen LogP) is 3.00. The third kappa shape index (κ3) is 4.70. The van der Waals surface area contributed by atoms with Gasteiger partial charge < -0.3 is 20.7 Å². The topological polar surface area (TPSA) is 94.2 Å². The number of carbonyl (C=O) groups is 1. The number of carboxylic acids is 1. The highest BCUT2D eigenvalue weighted by molar-refractivity contribution is 8.00. The van der Waals surface area contributed by atoms with Crippen molar-refractivity contribution >= 4 is 29.2 Å². The fourth-order valence-corrected chi connectivity index (χ4v) is 2.30. The fourth-order valence-electron chi connectivity index (χ4n) is 1.35. The third-order valence-corrected chi connectivity index (χ3v) is 3.65. The fraction of sp³-hybridized carbons (Fsp3) is 0.357. The Hall–Kier alpha value is -1.82. The number of carboxylic acid groups (broad SMARTS) is 1. The molecular weight excluding hydrogens is 276 g/mol. The maximum Gasteiger partial charge on any atom is 0.344 e. The Labute approximate surface area is 122 Å². The molecular formula is C14H18N2O3S. The maximum atomic E-state index is 10.8. The van der Waals surface area contributed by atoms with Crippen molar-refractivity contribution in [2.45, 2.75) is 31.8 Å². The van der Waals surface area contributed by atoms with Gasteiger partial charge in [0.15, 0.2) is 6.10 Å². The van der Waals surface area contributed by atoms with E-state index in [1.54, 1.807) is 13.0 Å². The van der Waals surface area contributed by atoms with Gasteiger partial charge >= 0.3 is 5.97 Å². The van der Waals surface area contributed by atoms with Gasteiger partial charge in [0, 0.05) is 16.4 Å². The molecule has 0 spiro atoms. The highest BCUT2D eigenvalue weighted by Crippen LogP contribution is 2.26. The summed E-state index contributed by atoms with van der Waals surface area (Å²) >= 11 is 1.47. The largest absolute Gasteiger partial charge is 0.479 e. The molecule has 0 fully saturated rings. The Morgan fingerprint density at radius 3 is 2.60 bits per heavy atom. The van der Waals surface area contributed by atoms with Crippen LogP contribution in [0, 0.1) is 17.7 Å². The van der Waals surface area contributed by atoms with Crippen molar-refractivity contribution in [2.24, 2.45) is 0 Å². The Morgan fingerprint density at radius 2 is 2.10 bits per heavy atom. The van der Waals surface area contributed by atoms with Crippen molar-refractivity contribution in [3.8, 4) is 5.75 Å². The molecule has 1 aromatic carbocycles. The van der Waals surface area contributed by atoms with Crippen LogP contribution in [0.3, 0.4) is 0 Å². The first kappa shape index (κ1) is 16.2. The first-order chi connectivity index (χ1) is 9.31. The van der Waals surface area contributed by atoms with Gasteiger partial charge in [0.2, 0.25) is 0 Å². The van der Waals surface area contributed by atoms with Gasteiger partial charge in [-0.1, -0.05) is 0 Å². The van der Waals surface area contributed by atoms with E-state index in [1.165, 1.54) is 18.7 Å². The second kappa shape index (κ2) is 7.09. The summed E-state index contributed by atoms with van der Waals surface area (Å²) in [5.74, 6) is -0.0131. The van der Waals surface area contributed by atoms with Gasteiger partial charge in [-0.15, -0.1) is 11.8 Å². The number of nitrogens with one attached hydrogen (secondary N) is 2. The molecule has 1 atom stereocenters. The van der Waals surface area contributed by atoms with Crippen LogP contribution < -0.4 is 4.74 Å². The molecule has 1 aromatic rings. The van der Waals surface area contributed by atoms with Crippen LogP contribution in [0.5, 0.6) is 5.75 Å². The maximum absolute atomic E-state index is 10.8. The van der Waals surface area contributed by atoms with Crippen molar-refractivity contribution in [1.82, 2.24) is 0 Å². The van der Waals surface area contributed by atoms with Gasteiger partial charge in [-0.05, 0) is 44.5 Å². The van der Waals surface area contributed by atoms with Gasteiger partial charge in [-0.3, -0.25) is 0 Å². The highest BCUT2D eigenvalue weighted by Gasteiger charge is 2.14. The van der Waals surface area contributed by atoms with Crippen LogP contribution in [0.25, 0.3) is 0 Å². The average molecular weight is 294 g/mol. The van der Waals surface area contributed by atoms with Crippen LogP contribution in [0.4, 0.5) is 0 Å². The summed E-state index contributed by atoms with van der Waals surface area (Å²) in [6.07, 6.45) is -0.888. The lowest BCUT2D eigenvalue weighted by Gasteiger charge is -2.13. The molecule has 0 saturated heterocycles. The lowest BCUT2D eigenvalue weighted by molar-refractivity contribution is -0.144. The van der Waals surface area contributed by atoms with Crippen LogP contribution in [0.15, 0.2) is 23.1 Å². The van der Waals surface area contributed by atoms with Crippen molar-refractivity contribution in [3.05, 3.63) is 23.8 Å². The van der Waals surface area contributed by atoms with E-state index in [4.69, 9.17) is 20.7 Å². The minimum Gasteiger partial charge on any atom is -0.479 e. The summed E-state index contributed by atoms with van der Waals surface area (Å²) in [5.41, 5.74) is 1.41. The van der Waals surface area contributed by atoms with E-state index < -0.39 is 12.1 Å². The predicted molar refractivity (Wildman–Crippen MR) is 80.8 cm³/mol. The van der Waals surface area contributed by atoms with Crippen molar-refractivity contribution < 1.29 is 14.6 Å². The Kier molecular flexibility index (Phi) is 5.76. The third-order valence-electron chi connectivity index (χ3n) is 2.63. The standard InChI is InChI=1S/C14H18N2O3S/c1-8-6-11(20-7-12(16)9(2)15)4-5-13(8)19-10(3)14(17)18/h4-6,10,15-16H,7H2,1-3H3,(H,17,18). The highest BCUT2D eigenvalue weighted by atomic mass is 32.2. The molecule has 6 heteroatoms. The SMILES string of the molecule is CC(=N)C(=N)CSc1ccc(OC(C)C(=O)O)c(C)c1. The number of aliphatic carboxylic acids is 1. The Bertz CT molecular complexity index is 543. The molecule has 5 nitrogen and oxygen atoms in total. The monoisotopic (exact) mass is 294 g/mol. The minimum atomic E-state index is -1.00. The molecule has 3 N–H and O–H groups in total. The summed E-state index contributed by atoms with van der Waals surface area (Å²) in [6, 6.07) is 5.45. The molecule has 0 aliphatic carbocycles. The quantitative estimate of drug-likeness (QED) is 0.532. The first-order valence-electron chi connectivity index (χ1n) is 6.07. The number of hydrogen-bond acceptors (Lipinski definition) is 5. The molecule has 1 unspecified atom stereocenters. The summed E-state index contributed by atoms with van der Waals surface area (Å²) in [4.78, 5) is 11.7. The smallest absolute Gasteiger partial charge is 0.344 e. The molecule has 20 heavy (non-hydrogen) atoms. The number of hydrogen-bond donors (Lipinski definition) is 3. The van der Waals surface area contributed by atoms with E-state index >= 15 is 0 Å². The van der Waals surface area contributed by atoms with E-state index in [-0.39, 0.29) is 5.71 Å². The Morgan fingerprint density at radius 1 is 1.45 bits per heavy atom. The van der Waals surface area contributed by atoms with Gasteiger partial charge in [0.05, 0.1) is 5.71 Å². The lowest BCUT2D eigenvalue weighted by Crippen LogP contribution is -2.23. The van der Waals surface area contributed by atoms with E-state index in [2.05, 4.69) is 0 Å². The van der Waals surface area contributed by atoms with Crippen LogP contribution in [0.2, 0.25) is 0 Å². The van der Waals surface area contributed by atoms with E-state index in [1.807, 2.05) is 19.1 Å². The van der Waals surface area contributed by atoms with Crippen LogP contribution in [-0.2, 0) is 4.79 Å². The Balaban J connectivity index is 2.70. The van der Waals surface area contributed by atoms with Crippen molar-refractivity contribution in [2.75, 3.05) is 5.75 Å². The zero-order valence-electron chi connectivity index (χ0n) is 11.7. The number of rotatable bonds is 7. The summed E-state index contributed by atoms with van der Waals surface area (Å²) in [6.45, 7) is 4.93. The second-order valence-electron chi connectivity index (χ2n) is 4.42. The van der Waals surface area contributed by atoms with Gasteiger partial charge in [0.1, 0.15) is 5.75 Å². The van der Waals surface area contributed by atoms with Gasteiger partial charge in [0.25, 0.3) is 0 Å². The lowest BCUT2D eigenvalue weighted by atomic mass is 10.2. The van der Waals surface area contributed by atoms with Crippen LogP contribution in [0.1, 0.15) is 19.4 Å². The van der Waals surface area contributed by atoms with Crippen molar-refractivity contribution in [1.29, 1.82) is 10.8 Å².